The highest BCUT2D eigenvalue weighted by Crippen LogP contribution is 2.25. The maximum absolute atomic E-state index is 13.1. The lowest BCUT2D eigenvalue weighted by Gasteiger charge is -2.14. The van der Waals surface area contributed by atoms with Gasteiger partial charge in [0, 0.05) is 5.69 Å². The molecule has 0 unspecified atom stereocenters. The Morgan fingerprint density at radius 1 is 1.14 bits per heavy atom. The molecule has 110 valence electrons. The SMILES string of the molecule is CCOC(=O)c1cc(C)ccc1Nc1ccc(F)cc1C. The fourth-order valence-electron chi connectivity index (χ4n) is 2.06. The molecule has 0 amide bonds. The Kier molecular flexibility index (Phi) is 4.58. The summed E-state index contributed by atoms with van der Waals surface area (Å²) in [5.74, 6) is -0.656. The van der Waals surface area contributed by atoms with E-state index in [1.165, 1.54) is 12.1 Å². The number of rotatable bonds is 4. The number of carbonyl (C=O) groups is 1. The summed E-state index contributed by atoms with van der Waals surface area (Å²) in [4.78, 5) is 12.0. The van der Waals surface area contributed by atoms with Crippen molar-refractivity contribution in [3.63, 3.8) is 0 Å². The van der Waals surface area contributed by atoms with E-state index in [1.54, 1.807) is 19.1 Å². The van der Waals surface area contributed by atoms with Crippen molar-refractivity contribution >= 4 is 17.3 Å². The molecule has 0 bridgehead atoms. The number of ether oxygens (including phenoxy) is 1. The molecule has 2 aromatic rings. The molecule has 3 nitrogen and oxygen atoms in total. The molecule has 0 aromatic heterocycles. The van der Waals surface area contributed by atoms with Crippen molar-refractivity contribution < 1.29 is 13.9 Å². The molecule has 0 fully saturated rings. The van der Waals surface area contributed by atoms with Gasteiger partial charge in [-0.05, 0) is 56.7 Å². The molecule has 0 atom stereocenters. The van der Waals surface area contributed by atoms with E-state index >= 15 is 0 Å². The van der Waals surface area contributed by atoms with Crippen molar-refractivity contribution in [2.75, 3.05) is 11.9 Å². The van der Waals surface area contributed by atoms with E-state index in [2.05, 4.69) is 5.32 Å². The molecule has 0 aliphatic rings. The van der Waals surface area contributed by atoms with Gasteiger partial charge in [-0.25, -0.2) is 9.18 Å². The minimum Gasteiger partial charge on any atom is -0.462 e. The van der Waals surface area contributed by atoms with Crippen LogP contribution < -0.4 is 5.32 Å². The van der Waals surface area contributed by atoms with Crippen LogP contribution in [0.1, 0.15) is 28.4 Å². The Balaban J connectivity index is 2.37. The first-order valence-corrected chi connectivity index (χ1v) is 6.82. The minimum atomic E-state index is -0.372. The zero-order valence-electron chi connectivity index (χ0n) is 12.4. The van der Waals surface area contributed by atoms with E-state index in [9.17, 15) is 9.18 Å². The van der Waals surface area contributed by atoms with Gasteiger partial charge in [0.15, 0.2) is 0 Å². The Labute approximate surface area is 123 Å². The summed E-state index contributed by atoms with van der Waals surface area (Å²) < 4.78 is 18.2. The van der Waals surface area contributed by atoms with Gasteiger partial charge in [0.1, 0.15) is 5.82 Å². The molecule has 0 saturated heterocycles. The van der Waals surface area contributed by atoms with E-state index < -0.39 is 0 Å². The van der Waals surface area contributed by atoms with Crippen molar-refractivity contribution in [2.24, 2.45) is 0 Å². The van der Waals surface area contributed by atoms with Crippen LogP contribution in [0.4, 0.5) is 15.8 Å². The molecular formula is C17H18FNO2. The summed E-state index contributed by atoms with van der Waals surface area (Å²) in [6.07, 6.45) is 0. The van der Waals surface area contributed by atoms with E-state index in [0.717, 1.165) is 16.8 Å². The fourth-order valence-corrected chi connectivity index (χ4v) is 2.06. The Morgan fingerprint density at radius 2 is 1.86 bits per heavy atom. The largest absolute Gasteiger partial charge is 0.462 e. The molecule has 0 heterocycles. The molecule has 2 aromatic carbocycles. The third kappa shape index (κ3) is 3.60. The minimum absolute atomic E-state index is 0.285. The van der Waals surface area contributed by atoms with Crippen LogP contribution in [0.5, 0.6) is 0 Å². The number of carbonyl (C=O) groups excluding carboxylic acids is 1. The molecule has 0 spiro atoms. The van der Waals surface area contributed by atoms with E-state index in [4.69, 9.17) is 4.74 Å². The highest BCUT2D eigenvalue weighted by Gasteiger charge is 2.13. The number of hydrogen-bond acceptors (Lipinski definition) is 3. The van der Waals surface area contributed by atoms with Crippen LogP contribution >= 0.6 is 0 Å². The number of anilines is 2. The van der Waals surface area contributed by atoms with Gasteiger partial charge >= 0.3 is 5.97 Å². The van der Waals surface area contributed by atoms with Gasteiger partial charge in [-0.3, -0.25) is 0 Å². The smallest absolute Gasteiger partial charge is 0.340 e. The third-order valence-corrected chi connectivity index (χ3v) is 3.13. The van der Waals surface area contributed by atoms with Gasteiger partial charge < -0.3 is 10.1 Å². The Bertz CT molecular complexity index is 668. The van der Waals surface area contributed by atoms with Gasteiger partial charge in [0.05, 0.1) is 17.9 Å². The van der Waals surface area contributed by atoms with Crippen molar-refractivity contribution in [3.8, 4) is 0 Å². The van der Waals surface area contributed by atoms with Crippen LogP contribution in [-0.2, 0) is 4.74 Å². The van der Waals surface area contributed by atoms with E-state index in [-0.39, 0.29) is 11.8 Å². The molecule has 4 heteroatoms. The summed E-state index contributed by atoms with van der Waals surface area (Å²) in [5, 5.41) is 3.17. The van der Waals surface area contributed by atoms with E-state index in [1.807, 2.05) is 26.0 Å². The van der Waals surface area contributed by atoms with Crippen molar-refractivity contribution in [3.05, 3.63) is 58.9 Å². The number of hydrogen-bond donors (Lipinski definition) is 1. The molecule has 0 aliphatic carbocycles. The first-order valence-electron chi connectivity index (χ1n) is 6.82. The Morgan fingerprint density at radius 3 is 2.52 bits per heavy atom. The van der Waals surface area contributed by atoms with Crippen molar-refractivity contribution in [1.29, 1.82) is 0 Å². The second kappa shape index (κ2) is 6.39. The monoisotopic (exact) mass is 287 g/mol. The maximum atomic E-state index is 13.1. The first-order chi connectivity index (χ1) is 10.0. The predicted octanol–water partition coefficient (Wildman–Crippen LogP) is 4.36. The lowest BCUT2D eigenvalue weighted by atomic mass is 10.1. The highest BCUT2D eigenvalue weighted by molar-refractivity contribution is 5.96. The van der Waals surface area contributed by atoms with Crippen LogP contribution in [0.15, 0.2) is 36.4 Å². The number of nitrogens with one attached hydrogen (secondary N) is 1. The van der Waals surface area contributed by atoms with Gasteiger partial charge in [-0.15, -0.1) is 0 Å². The molecule has 0 aliphatic heterocycles. The summed E-state index contributed by atoms with van der Waals surface area (Å²) in [6.45, 7) is 5.81. The van der Waals surface area contributed by atoms with Crippen LogP contribution in [0, 0.1) is 19.7 Å². The standard InChI is InChI=1S/C17H18FNO2/c1-4-21-17(20)14-9-11(2)5-7-16(14)19-15-8-6-13(18)10-12(15)3/h5-10,19H,4H2,1-3H3. The third-order valence-electron chi connectivity index (χ3n) is 3.13. The van der Waals surface area contributed by atoms with Crippen molar-refractivity contribution in [2.45, 2.75) is 20.8 Å². The molecule has 0 radical (unpaired) electrons. The van der Waals surface area contributed by atoms with Gasteiger partial charge in [0.25, 0.3) is 0 Å². The molecule has 0 saturated carbocycles. The molecule has 2 rings (SSSR count). The summed E-state index contributed by atoms with van der Waals surface area (Å²) in [5.41, 5.74) is 3.62. The normalized spacial score (nSPS) is 10.3. The summed E-state index contributed by atoms with van der Waals surface area (Å²) in [7, 11) is 0. The van der Waals surface area contributed by atoms with Gasteiger partial charge in [0.2, 0.25) is 0 Å². The highest BCUT2D eigenvalue weighted by atomic mass is 19.1. The number of halogens is 1. The maximum Gasteiger partial charge on any atom is 0.340 e. The fraction of sp³-hybridized carbons (Fsp3) is 0.235. The van der Waals surface area contributed by atoms with Crippen molar-refractivity contribution in [1.82, 2.24) is 0 Å². The number of aryl methyl sites for hydroxylation is 2. The first kappa shape index (κ1) is 15.0. The van der Waals surface area contributed by atoms with E-state index in [0.29, 0.717) is 17.9 Å². The molecule has 1 N–H and O–H groups in total. The Hall–Kier alpha value is -2.36. The zero-order valence-corrected chi connectivity index (χ0v) is 12.4. The molecule has 21 heavy (non-hydrogen) atoms. The second-order valence-electron chi connectivity index (χ2n) is 4.85. The second-order valence-corrected chi connectivity index (χ2v) is 4.85. The van der Waals surface area contributed by atoms with Crippen LogP contribution in [-0.4, -0.2) is 12.6 Å². The average Bonchev–Trinajstić information content (AvgIpc) is 2.43. The summed E-state index contributed by atoms with van der Waals surface area (Å²) >= 11 is 0. The number of benzene rings is 2. The lowest BCUT2D eigenvalue weighted by molar-refractivity contribution is 0.0527. The van der Waals surface area contributed by atoms with Crippen LogP contribution in [0.3, 0.4) is 0 Å². The van der Waals surface area contributed by atoms with Gasteiger partial charge in [-0.1, -0.05) is 11.6 Å². The quantitative estimate of drug-likeness (QED) is 0.849. The lowest BCUT2D eigenvalue weighted by Crippen LogP contribution is -2.08. The topological polar surface area (TPSA) is 38.3 Å². The summed E-state index contributed by atoms with van der Waals surface area (Å²) in [6, 6.07) is 9.99. The zero-order chi connectivity index (χ0) is 15.4. The molecular weight excluding hydrogens is 269 g/mol. The predicted molar refractivity (Wildman–Crippen MR) is 81.6 cm³/mol. The van der Waals surface area contributed by atoms with Gasteiger partial charge in [-0.2, -0.15) is 0 Å². The van der Waals surface area contributed by atoms with Crippen LogP contribution in [0.25, 0.3) is 0 Å². The number of esters is 1. The van der Waals surface area contributed by atoms with Crippen LogP contribution in [0.2, 0.25) is 0 Å². The average molecular weight is 287 g/mol.